The van der Waals surface area contributed by atoms with E-state index in [-0.39, 0.29) is 5.91 Å². The predicted octanol–water partition coefficient (Wildman–Crippen LogP) is 0.890. The summed E-state index contributed by atoms with van der Waals surface area (Å²) in [4.78, 5) is 30.5. The maximum Gasteiger partial charge on any atom is 0.274 e. The zero-order valence-corrected chi connectivity index (χ0v) is 13.3. The Labute approximate surface area is 128 Å². The van der Waals surface area contributed by atoms with Crippen molar-refractivity contribution in [2.24, 2.45) is 7.05 Å². The second kappa shape index (κ2) is 6.00. The van der Waals surface area contributed by atoms with Gasteiger partial charge in [0.2, 0.25) is 6.41 Å². The van der Waals surface area contributed by atoms with Crippen molar-refractivity contribution in [3.63, 3.8) is 0 Å². The number of imidazole rings is 1. The number of hydrogen-bond donors (Lipinski definition) is 0. The van der Waals surface area contributed by atoms with Gasteiger partial charge in [0, 0.05) is 26.7 Å². The molecule has 8 nitrogen and oxygen atoms in total. The Morgan fingerprint density at radius 3 is 2.64 bits per heavy atom. The van der Waals surface area contributed by atoms with Gasteiger partial charge in [0.1, 0.15) is 5.76 Å². The van der Waals surface area contributed by atoms with Gasteiger partial charge in [-0.25, -0.2) is 4.98 Å². The molecular weight excluding hydrogens is 286 g/mol. The van der Waals surface area contributed by atoms with E-state index in [1.807, 2.05) is 13.8 Å². The van der Waals surface area contributed by atoms with E-state index in [9.17, 15) is 9.59 Å². The van der Waals surface area contributed by atoms with Crippen molar-refractivity contribution in [1.29, 1.82) is 0 Å². The summed E-state index contributed by atoms with van der Waals surface area (Å²) in [5, 5.41) is 3.88. The first kappa shape index (κ1) is 15.7. The van der Waals surface area contributed by atoms with E-state index >= 15 is 0 Å². The Kier molecular flexibility index (Phi) is 4.30. The fourth-order valence-electron chi connectivity index (χ4n) is 2.19. The number of aromatic nitrogens is 3. The molecule has 0 aromatic carbocycles. The van der Waals surface area contributed by atoms with Crippen molar-refractivity contribution in [3.05, 3.63) is 29.0 Å². The van der Waals surface area contributed by atoms with Crippen molar-refractivity contribution in [1.82, 2.24) is 19.6 Å². The van der Waals surface area contributed by atoms with E-state index in [2.05, 4.69) is 10.1 Å². The third kappa shape index (κ3) is 2.72. The van der Waals surface area contributed by atoms with Gasteiger partial charge in [-0.1, -0.05) is 5.16 Å². The van der Waals surface area contributed by atoms with Crippen LogP contribution in [0.2, 0.25) is 0 Å². The first-order valence-electron chi connectivity index (χ1n) is 6.73. The molecule has 2 heterocycles. The molecule has 0 radical (unpaired) electrons. The van der Waals surface area contributed by atoms with Crippen LogP contribution in [0.25, 0.3) is 0 Å². The lowest BCUT2D eigenvalue weighted by molar-refractivity contribution is -0.107. The van der Waals surface area contributed by atoms with Gasteiger partial charge in [0.15, 0.2) is 11.5 Å². The average molecular weight is 305 g/mol. The maximum absolute atomic E-state index is 12.7. The molecule has 2 amide bonds. The first-order valence-corrected chi connectivity index (χ1v) is 6.73. The molecule has 0 saturated heterocycles. The fraction of sp³-hybridized carbons (Fsp3) is 0.429. The number of carbonyl (C=O) groups is 2. The van der Waals surface area contributed by atoms with Gasteiger partial charge in [0.25, 0.3) is 5.91 Å². The second-order valence-electron chi connectivity index (χ2n) is 5.21. The molecule has 0 aliphatic heterocycles. The Bertz CT molecular complexity index is 684. The number of hydrogen-bond acceptors (Lipinski definition) is 5. The number of rotatable bonds is 5. The number of amides is 2. The van der Waals surface area contributed by atoms with Crippen LogP contribution in [0.1, 0.15) is 27.5 Å². The first-order chi connectivity index (χ1) is 10.4. The third-order valence-corrected chi connectivity index (χ3v) is 3.54. The molecule has 0 atom stereocenters. The lowest BCUT2D eigenvalue weighted by atomic mass is 10.2. The maximum atomic E-state index is 12.7. The van der Waals surface area contributed by atoms with Crippen molar-refractivity contribution < 1.29 is 14.1 Å². The van der Waals surface area contributed by atoms with Gasteiger partial charge in [-0.2, -0.15) is 0 Å². The summed E-state index contributed by atoms with van der Waals surface area (Å²) >= 11 is 0. The van der Waals surface area contributed by atoms with Crippen molar-refractivity contribution in [2.45, 2.75) is 20.4 Å². The quantitative estimate of drug-likeness (QED) is 0.766. The zero-order chi connectivity index (χ0) is 16.4. The fourth-order valence-corrected chi connectivity index (χ4v) is 2.19. The molecule has 8 heteroatoms. The highest BCUT2D eigenvalue weighted by molar-refractivity contribution is 5.99. The topological polar surface area (TPSA) is 84.5 Å². The second-order valence-corrected chi connectivity index (χ2v) is 5.21. The highest BCUT2D eigenvalue weighted by atomic mass is 16.5. The van der Waals surface area contributed by atoms with Crippen LogP contribution in [-0.2, 0) is 18.4 Å². The molecule has 0 aliphatic rings. The van der Waals surface area contributed by atoms with Crippen LogP contribution in [0.5, 0.6) is 0 Å². The molecular formula is C14H19N5O3. The smallest absolute Gasteiger partial charge is 0.274 e. The molecule has 0 fully saturated rings. The molecule has 0 saturated carbocycles. The summed E-state index contributed by atoms with van der Waals surface area (Å²) in [5.41, 5.74) is 1.99. The largest absolute Gasteiger partial charge is 0.361 e. The SMILES string of the molecule is Cc1noc(C)c1CN(C)C(=O)c1c(N(C)C=O)ncn1C. The molecule has 0 N–H and O–H groups in total. The Balaban J connectivity index is 2.28. The molecule has 0 spiro atoms. The van der Waals surface area contributed by atoms with E-state index in [1.54, 1.807) is 30.6 Å². The minimum atomic E-state index is -0.233. The highest BCUT2D eigenvalue weighted by Gasteiger charge is 2.24. The normalized spacial score (nSPS) is 10.6. The Morgan fingerprint density at radius 1 is 1.41 bits per heavy atom. The summed E-state index contributed by atoms with van der Waals surface area (Å²) in [6, 6.07) is 0. The summed E-state index contributed by atoms with van der Waals surface area (Å²) < 4.78 is 6.71. The molecule has 0 unspecified atom stereocenters. The van der Waals surface area contributed by atoms with E-state index < -0.39 is 0 Å². The number of aryl methyl sites for hydroxylation is 3. The summed E-state index contributed by atoms with van der Waals surface area (Å²) in [7, 11) is 4.96. The van der Waals surface area contributed by atoms with Crippen molar-refractivity contribution in [2.75, 3.05) is 19.0 Å². The van der Waals surface area contributed by atoms with Crippen LogP contribution < -0.4 is 4.90 Å². The molecule has 118 valence electrons. The lowest BCUT2D eigenvalue weighted by Crippen LogP contribution is -2.30. The molecule has 2 aromatic rings. The van der Waals surface area contributed by atoms with E-state index in [1.165, 1.54) is 11.2 Å². The zero-order valence-electron chi connectivity index (χ0n) is 13.3. The molecule has 0 bridgehead atoms. The lowest BCUT2D eigenvalue weighted by Gasteiger charge is -2.19. The minimum absolute atomic E-state index is 0.233. The van der Waals surface area contributed by atoms with Crippen LogP contribution in [-0.4, -0.2) is 46.0 Å². The third-order valence-electron chi connectivity index (χ3n) is 3.54. The van der Waals surface area contributed by atoms with Crippen LogP contribution in [0.4, 0.5) is 5.82 Å². The van der Waals surface area contributed by atoms with Gasteiger partial charge in [-0.3, -0.25) is 9.59 Å². The predicted molar refractivity (Wildman–Crippen MR) is 79.4 cm³/mol. The monoisotopic (exact) mass is 305 g/mol. The molecule has 2 aromatic heterocycles. The van der Waals surface area contributed by atoms with Crippen LogP contribution >= 0.6 is 0 Å². The van der Waals surface area contributed by atoms with Crippen LogP contribution in [0.3, 0.4) is 0 Å². The molecule has 0 aliphatic carbocycles. The van der Waals surface area contributed by atoms with Crippen LogP contribution in [0, 0.1) is 13.8 Å². The number of nitrogens with zero attached hydrogens (tertiary/aromatic N) is 5. The van der Waals surface area contributed by atoms with Gasteiger partial charge >= 0.3 is 0 Å². The summed E-state index contributed by atoms with van der Waals surface area (Å²) in [6.07, 6.45) is 2.12. The van der Waals surface area contributed by atoms with E-state index in [0.717, 1.165) is 11.3 Å². The van der Waals surface area contributed by atoms with Gasteiger partial charge in [-0.15, -0.1) is 0 Å². The Morgan fingerprint density at radius 2 is 2.09 bits per heavy atom. The van der Waals surface area contributed by atoms with E-state index in [4.69, 9.17) is 4.52 Å². The Hall–Kier alpha value is -2.64. The number of anilines is 1. The average Bonchev–Trinajstić information content (AvgIpc) is 3.02. The summed E-state index contributed by atoms with van der Waals surface area (Å²) in [6.45, 7) is 4.01. The highest BCUT2D eigenvalue weighted by Crippen LogP contribution is 2.20. The van der Waals surface area contributed by atoms with Crippen molar-refractivity contribution >= 4 is 18.1 Å². The summed E-state index contributed by atoms with van der Waals surface area (Å²) in [5.74, 6) is 0.782. The van der Waals surface area contributed by atoms with Crippen LogP contribution in [0.15, 0.2) is 10.9 Å². The molecule has 2 rings (SSSR count). The minimum Gasteiger partial charge on any atom is -0.361 e. The standard InChI is InChI=1S/C14H19N5O3/c1-9-11(10(2)22-16-9)6-17(3)14(21)12-13(19(5)8-20)15-7-18(12)4/h7-8H,6H2,1-5H3. The molecule has 22 heavy (non-hydrogen) atoms. The van der Waals surface area contributed by atoms with E-state index in [0.29, 0.717) is 30.2 Å². The van der Waals surface area contributed by atoms with Gasteiger partial charge in [-0.05, 0) is 13.8 Å². The van der Waals surface area contributed by atoms with Gasteiger partial charge < -0.3 is 18.9 Å². The van der Waals surface area contributed by atoms with Gasteiger partial charge in [0.05, 0.1) is 18.6 Å². The van der Waals surface area contributed by atoms with Crippen molar-refractivity contribution in [3.8, 4) is 0 Å². The number of carbonyl (C=O) groups excluding carboxylic acids is 2.